The first-order valence-electron chi connectivity index (χ1n) is 8.48. The first kappa shape index (κ1) is 16.9. The van der Waals surface area contributed by atoms with Crippen LogP contribution in [-0.2, 0) is 25.6 Å². The molecule has 3 atom stereocenters. The third-order valence-electron chi connectivity index (χ3n) is 4.59. The Bertz CT molecular complexity index is 572. The van der Waals surface area contributed by atoms with Crippen LogP contribution in [0.2, 0.25) is 0 Å². The molecule has 1 N–H and O–H groups in total. The number of nitrogens with zero attached hydrogens (tertiary/aromatic N) is 1. The summed E-state index contributed by atoms with van der Waals surface area (Å²) in [5.41, 5.74) is 0.998. The molecule has 0 radical (unpaired) electrons. The number of hydrogen-bond acceptors (Lipinski definition) is 4. The summed E-state index contributed by atoms with van der Waals surface area (Å²) in [5.74, 6) is -0.336. The normalized spacial score (nSPS) is 25.5. The molecule has 0 saturated carbocycles. The summed E-state index contributed by atoms with van der Waals surface area (Å²) in [4.78, 5) is 26.5. The van der Waals surface area contributed by atoms with Gasteiger partial charge in [0, 0.05) is 13.2 Å². The third-order valence-corrected chi connectivity index (χ3v) is 4.59. The van der Waals surface area contributed by atoms with E-state index >= 15 is 0 Å². The molecule has 0 bridgehead atoms. The lowest BCUT2D eigenvalue weighted by Crippen LogP contribution is -2.58. The van der Waals surface area contributed by atoms with E-state index in [0.717, 1.165) is 25.0 Å². The molecule has 1 aromatic carbocycles. The fourth-order valence-corrected chi connectivity index (χ4v) is 3.21. The summed E-state index contributed by atoms with van der Waals surface area (Å²) >= 11 is 0. The zero-order valence-electron chi connectivity index (χ0n) is 13.9. The zero-order valence-corrected chi connectivity index (χ0v) is 13.9. The molecular weight excluding hydrogens is 308 g/mol. The number of rotatable bonds is 5. The molecule has 3 rings (SSSR count). The second kappa shape index (κ2) is 7.77. The highest BCUT2D eigenvalue weighted by Gasteiger charge is 2.35. The van der Waals surface area contributed by atoms with Crippen molar-refractivity contribution in [2.45, 2.75) is 44.5 Å². The average Bonchev–Trinajstić information content (AvgIpc) is 3.12. The van der Waals surface area contributed by atoms with Crippen molar-refractivity contribution in [1.29, 1.82) is 0 Å². The van der Waals surface area contributed by atoms with Crippen LogP contribution in [0.1, 0.15) is 25.3 Å². The number of carbonyl (C=O) groups is 2. The number of morpholine rings is 1. The number of benzene rings is 1. The molecule has 130 valence electrons. The van der Waals surface area contributed by atoms with Crippen LogP contribution in [0, 0.1) is 0 Å². The molecule has 2 aliphatic rings. The Morgan fingerprint density at radius 2 is 2.17 bits per heavy atom. The van der Waals surface area contributed by atoms with Crippen molar-refractivity contribution >= 4 is 11.8 Å². The number of ether oxygens (including phenoxy) is 2. The SMILES string of the molecule is C[C@H](NC(=O)[C@H]1COCC(=O)N1Cc1ccccc1)[C@@H]1CCCO1. The standard InChI is InChI=1S/C18H24N2O4/c1-13(16-8-5-9-24-16)19-18(22)15-11-23-12-17(21)20(15)10-14-6-3-2-4-7-14/h2-4,6-7,13,15-16H,5,8-12H2,1H3,(H,19,22)/t13-,15+,16-/m0/s1. The van der Waals surface area contributed by atoms with Gasteiger partial charge in [-0.1, -0.05) is 30.3 Å². The molecular formula is C18H24N2O4. The van der Waals surface area contributed by atoms with E-state index in [1.807, 2.05) is 37.3 Å². The van der Waals surface area contributed by atoms with Gasteiger partial charge in [-0.15, -0.1) is 0 Å². The maximum absolute atomic E-state index is 12.7. The van der Waals surface area contributed by atoms with Crippen molar-refractivity contribution in [3.63, 3.8) is 0 Å². The summed E-state index contributed by atoms with van der Waals surface area (Å²) < 4.78 is 10.9. The number of carbonyl (C=O) groups excluding carboxylic acids is 2. The van der Waals surface area contributed by atoms with Gasteiger partial charge in [-0.2, -0.15) is 0 Å². The van der Waals surface area contributed by atoms with Crippen molar-refractivity contribution in [1.82, 2.24) is 10.2 Å². The maximum atomic E-state index is 12.7. The molecule has 6 heteroatoms. The molecule has 1 aromatic rings. The van der Waals surface area contributed by atoms with Gasteiger partial charge in [0.05, 0.1) is 18.8 Å². The largest absolute Gasteiger partial charge is 0.376 e. The van der Waals surface area contributed by atoms with Crippen LogP contribution in [0.15, 0.2) is 30.3 Å². The number of amides is 2. The summed E-state index contributed by atoms with van der Waals surface area (Å²) in [6.07, 6.45) is 2.03. The fraction of sp³-hybridized carbons (Fsp3) is 0.556. The molecule has 0 unspecified atom stereocenters. The second-order valence-corrected chi connectivity index (χ2v) is 6.39. The maximum Gasteiger partial charge on any atom is 0.249 e. The summed E-state index contributed by atoms with van der Waals surface area (Å²) in [5, 5.41) is 2.99. The average molecular weight is 332 g/mol. The Morgan fingerprint density at radius 3 is 2.88 bits per heavy atom. The van der Waals surface area contributed by atoms with Crippen LogP contribution in [0.3, 0.4) is 0 Å². The van der Waals surface area contributed by atoms with E-state index in [0.29, 0.717) is 6.54 Å². The molecule has 2 heterocycles. The molecule has 2 saturated heterocycles. The van der Waals surface area contributed by atoms with Crippen molar-refractivity contribution in [3.05, 3.63) is 35.9 Å². The first-order chi connectivity index (χ1) is 11.6. The van der Waals surface area contributed by atoms with Crippen LogP contribution >= 0.6 is 0 Å². The number of nitrogens with one attached hydrogen (secondary N) is 1. The van der Waals surface area contributed by atoms with Gasteiger partial charge in [0.2, 0.25) is 11.8 Å². The minimum atomic E-state index is -0.602. The van der Waals surface area contributed by atoms with Crippen LogP contribution in [-0.4, -0.2) is 54.7 Å². The van der Waals surface area contributed by atoms with E-state index in [2.05, 4.69) is 5.32 Å². The van der Waals surface area contributed by atoms with E-state index in [-0.39, 0.29) is 37.2 Å². The minimum Gasteiger partial charge on any atom is -0.376 e. The van der Waals surface area contributed by atoms with Gasteiger partial charge in [0.15, 0.2) is 0 Å². The van der Waals surface area contributed by atoms with E-state index in [1.54, 1.807) is 4.90 Å². The van der Waals surface area contributed by atoms with Crippen LogP contribution in [0.5, 0.6) is 0 Å². The van der Waals surface area contributed by atoms with Gasteiger partial charge in [-0.3, -0.25) is 9.59 Å². The Hall–Kier alpha value is -1.92. The fourth-order valence-electron chi connectivity index (χ4n) is 3.21. The predicted molar refractivity (Wildman–Crippen MR) is 88.2 cm³/mol. The van der Waals surface area contributed by atoms with E-state index < -0.39 is 6.04 Å². The Kier molecular flexibility index (Phi) is 5.48. The molecule has 6 nitrogen and oxygen atoms in total. The Morgan fingerprint density at radius 1 is 1.38 bits per heavy atom. The molecule has 0 aliphatic carbocycles. The minimum absolute atomic E-state index is 0.0257. The van der Waals surface area contributed by atoms with Crippen molar-refractivity contribution in [2.24, 2.45) is 0 Å². The summed E-state index contributed by atoms with van der Waals surface area (Å²) in [6, 6.07) is 9.01. The van der Waals surface area contributed by atoms with E-state index in [4.69, 9.17) is 9.47 Å². The van der Waals surface area contributed by atoms with Crippen molar-refractivity contribution < 1.29 is 19.1 Å². The third kappa shape index (κ3) is 3.94. The zero-order chi connectivity index (χ0) is 16.9. The number of hydrogen-bond donors (Lipinski definition) is 1. The van der Waals surface area contributed by atoms with Crippen LogP contribution < -0.4 is 5.32 Å². The quantitative estimate of drug-likeness (QED) is 0.877. The van der Waals surface area contributed by atoms with Gasteiger partial charge in [-0.25, -0.2) is 0 Å². The summed E-state index contributed by atoms with van der Waals surface area (Å²) in [6.45, 7) is 3.35. The molecule has 0 aromatic heterocycles. The highest BCUT2D eigenvalue weighted by molar-refractivity contribution is 5.89. The second-order valence-electron chi connectivity index (χ2n) is 6.39. The topological polar surface area (TPSA) is 67.9 Å². The van der Waals surface area contributed by atoms with Gasteiger partial charge in [0.25, 0.3) is 0 Å². The highest BCUT2D eigenvalue weighted by atomic mass is 16.5. The lowest BCUT2D eigenvalue weighted by molar-refractivity contribution is -0.156. The van der Waals surface area contributed by atoms with E-state index in [1.165, 1.54) is 0 Å². The van der Waals surface area contributed by atoms with Gasteiger partial charge in [-0.05, 0) is 25.3 Å². The highest BCUT2D eigenvalue weighted by Crippen LogP contribution is 2.17. The van der Waals surface area contributed by atoms with Gasteiger partial charge >= 0.3 is 0 Å². The first-order valence-corrected chi connectivity index (χ1v) is 8.48. The van der Waals surface area contributed by atoms with Gasteiger partial charge < -0.3 is 19.7 Å². The van der Waals surface area contributed by atoms with Gasteiger partial charge in [0.1, 0.15) is 12.6 Å². The molecule has 2 amide bonds. The van der Waals surface area contributed by atoms with Crippen molar-refractivity contribution in [3.8, 4) is 0 Å². The smallest absolute Gasteiger partial charge is 0.249 e. The molecule has 2 aliphatic heterocycles. The monoisotopic (exact) mass is 332 g/mol. The van der Waals surface area contributed by atoms with Crippen molar-refractivity contribution in [2.75, 3.05) is 19.8 Å². The molecule has 2 fully saturated rings. The lowest BCUT2D eigenvalue weighted by atomic mass is 10.1. The van der Waals surface area contributed by atoms with E-state index in [9.17, 15) is 9.59 Å². The Balaban J connectivity index is 1.66. The lowest BCUT2D eigenvalue weighted by Gasteiger charge is -2.35. The van der Waals surface area contributed by atoms with Crippen LogP contribution in [0.4, 0.5) is 0 Å². The molecule has 24 heavy (non-hydrogen) atoms. The molecule has 0 spiro atoms. The predicted octanol–water partition coefficient (Wildman–Crippen LogP) is 1.10. The Labute approximate surface area is 142 Å². The van der Waals surface area contributed by atoms with Crippen LogP contribution in [0.25, 0.3) is 0 Å². The summed E-state index contributed by atoms with van der Waals surface area (Å²) in [7, 11) is 0.